The van der Waals surface area contributed by atoms with Crippen LogP contribution in [-0.4, -0.2) is 23.6 Å². The van der Waals surface area contributed by atoms with E-state index in [9.17, 15) is 14.7 Å². The molecule has 0 bridgehead atoms. The van der Waals surface area contributed by atoms with E-state index in [1.165, 1.54) is 24.3 Å². The first kappa shape index (κ1) is 20.0. The molecule has 0 aliphatic heterocycles. The van der Waals surface area contributed by atoms with Crippen LogP contribution in [0.15, 0.2) is 36.4 Å². The number of aromatic carboxylic acids is 1. The van der Waals surface area contributed by atoms with Gasteiger partial charge in [-0.1, -0.05) is 29.3 Å². The summed E-state index contributed by atoms with van der Waals surface area (Å²) in [6, 6.07) is 8.51. The average molecular weight is 412 g/mol. The number of halogens is 2. The van der Waals surface area contributed by atoms with Crippen molar-refractivity contribution in [1.29, 1.82) is 0 Å². The second kappa shape index (κ2) is 8.84. The van der Waals surface area contributed by atoms with Crippen molar-refractivity contribution < 1.29 is 19.4 Å². The molecule has 1 amide bonds. The monoisotopic (exact) mass is 411 g/mol. The molecule has 0 spiro atoms. The van der Waals surface area contributed by atoms with Crippen molar-refractivity contribution in [3.05, 3.63) is 57.6 Å². The van der Waals surface area contributed by atoms with Crippen molar-refractivity contribution in [2.75, 3.05) is 11.9 Å². The first-order valence-corrected chi connectivity index (χ1v) is 8.53. The summed E-state index contributed by atoms with van der Waals surface area (Å²) in [7, 11) is 0. The minimum atomic E-state index is -1.36. The number of hydrogen-bond acceptors (Lipinski definition) is 5. The van der Waals surface area contributed by atoms with Gasteiger partial charge in [0, 0.05) is 5.56 Å². The van der Waals surface area contributed by atoms with E-state index in [0.717, 1.165) is 0 Å². The molecule has 2 rings (SSSR count). The highest BCUT2D eigenvalue weighted by molar-refractivity contribution is 7.80. The Kier molecular flexibility index (Phi) is 6.79. The van der Waals surface area contributed by atoms with E-state index in [1.807, 2.05) is 6.92 Å². The van der Waals surface area contributed by atoms with Gasteiger partial charge in [0.2, 0.25) is 0 Å². The molecule has 0 saturated heterocycles. The summed E-state index contributed by atoms with van der Waals surface area (Å²) in [5, 5.41) is 16.5. The number of carboxylic acid groups (broad SMARTS) is 1. The predicted molar refractivity (Wildman–Crippen MR) is 102 cm³/mol. The maximum Gasteiger partial charge on any atom is 0.257 e. The van der Waals surface area contributed by atoms with Crippen LogP contribution in [0.2, 0.25) is 10.0 Å². The van der Waals surface area contributed by atoms with Crippen LogP contribution in [0, 0.1) is 0 Å². The van der Waals surface area contributed by atoms with Crippen LogP contribution < -0.4 is 20.5 Å². The molecule has 0 aliphatic rings. The zero-order valence-electron chi connectivity index (χ0n) is 13.5. The fourth-order valence-electron chi connectivity index (χ4n) is 1.99. The third-order valence-corrected chi connectivity index (χ3v) is 4.00. The molecule has 0 unspecified atom stereocenters. The lowest BCUT2D eigenvalue weighted by molar-refractivity contribution is -0.255. The lowest BCUT2D eigenvalue weighted by atomic mass is 10.2. The lowest BCUT2D eigenvalue weighted by Gasteiger charge is -2.13. The summed E-state index contributed by atoms with van der Waals surface area (Å²) < 4.78 is 5.31. The number of anilines is 1. The first-order chi connectivity index (χ1) is 12.3. The van der Waals surface area contributed by atoms with Crippen molar-refractivity contribution in [2.45, 2.75) is 6.92 Å². The first-order valence-electron chi connectivity index (χ1n) is 7.37. The van der Waals surface area contributed by atoms with Gasteiger partial charge < -0.3 is 20.0 Å². The number of hydrogen-bond donors (Lipinski definition) is 2. The van der Waals surface area contributed by atoms with Gasteiger partial charge in [0.1, 0.15) is 5.75 Å². The molecule has 0 saturated carbocycles. The topological polar surface area (TPSA) is 90.5 Å². The molecule has 2 aromatic carbocycles. The lowest BCUT2D eigenvalue weighted by Crippen LogP contribution is -2.34. The Labute approximate surface area is 165 Å². The van der Waals surface area contributed by atoms with Crippen LogP contribution >= 0.6 is 35.4 Å². The molecule has 0 atom stereocenters. The van der Waals surface area contributed by atoms with Gasteiger partial charge in [0.05, 0.1) is 28.3 Å². The molecule has 0 fully saturated rings. The highest BCUT2D eigenvalue weighted by Gasteiger charge is 2.12. The zero-order valence-corrected chi connectivity index (χ0v) is 15.8. The molecule has 0 aromatic heterocycles. The Morgan fingerprint density at radius 3 is 2.42 bits per heavy atom. The third-order valence-electron chi connectivity index (χ3n) is 3.17. The summed E-state index contributed by atoms with van der Waals surface area (Å²) in [6.45, 7) is 2.27. The normalized spacial score (nSPS) is 10.1. The van der Waals surface area contributed by atoms with Gasteiger partial charge in [-0.3, -0.25) is 10.1 Å². The van der Waals surface area contributed by atoms with Crippen LogP contribution in [0.5, 0.6) is 5.75 Å². The van der Waals surface area contributed by atoms with Gasteiger partial charge in [-0.25, -0.2) is 0 Å². The highest BCUT2D eigenvalue weighted by atomic mass is 35.5. The molecule has 2 N–H and O–H groups in total. The molecule has 9 heteroatoms. The molecular weight excluding hydrogens is 399 g/mol. The molecule has 0 aliphatic carbocycles. The van der Waals surface area contributed by atoms with E-state index >= 15 is 0 Å². The number of carbonyl (C=O) groups is 2. The SMILES string of the molecule is CCOc1ccc(C(=O)NC(=S)Nc2cc(C(=O)[O-])ccc2Cl)cc1Cl. The summed E-state index contributed by atoms with van der Waals surface area (Å²) >= 11 is 17.1. The number of rotatable bonds is 5. The Morgan fingerprint density at radius 2 is 1.81 bits per heavy atom. The van der Waals surface area contributed by atoms with Crippen LogP contribution in [0.3, 0.4) is 0 Å². The largest absolute Gasteiger partial charge is 0.545 e. The number of ether oxygens (including phenoxy) is 1. The van der Waals surface area contributed by atoms with E-state index in [4.69, 9.17) is 40.2 Å². The standard InChI is InChI=1S/C17H14Cl2N2O4S/c1-2-25-14-6-4-9(7-12(14)19)15(22)21-17(26)20-13-8-10(16(23)24)3-5-11(13)18/h3-8H,2H2,1H3,(H,23,24)(H2,20,21,22,26)/p-1. The van der Waals surface area contributed by atoms with E-state index in [2.05, 4.69) is 10.6 Å². The summed E-state index contributed by atoms with van der Waals surface area (Å²) in [4.78, 5) is 23.2. The molecule has 136 valence electrons. The minimum absolute atomic E-state index is 0.0580. The maximum atomic E-state index is 12.3. The van der Waals surface area contributed by atoms with Crippen LogP contribution in [0.25, 0.3) is 0 Å². The van der Waals surface area contributed by atoms with E-state index in [1.54, 1.807) is 12.1 Å². The van der Waals surface area contributed by atoms with Gasteiger partial charge in [0.15, 0.2) is 5.11 Å². The van der Waals surface area contributed by atoms with Gasteiger partial charge in [-0.15, -0.1) is 0 Å². The number of carboxylic acids is 1. The van der Waals surface area contributed by atoms with Crippen molar-refractivity contribution in [1.82, 2.24) is 5.32 Å². The second-order valence-corrected chi connectivity index (χ2v) is 6.19. The molecule has 0 heterocycles. The molecular formula is C17H13Cl2N2O4S-. The van der Waals surface area contributed by atoms with E-state index in [-0.39, 0.29) is 26.9 Å². The summed E-state index contributed by atoms with van der Waals surface area (Å²) in [6.07, 6.45) is 0. The fraction of sp³-hybridized carbons (Fsp3) is 0.118. The Hall–Kier alpha value is -2.35. The molecule has 6 nitrogen and oxygen atoms in total. The maximum absolute atomic E-state index is 12.3. The van der Waals surface area contributed by atoms with Crippen LogP contribution in [-0.2, 0) is 0 Å². The quantitative estimate of drug-likeness (QED) is 0.735. The van der Waals surface area contributed by atoms with Crippen LogP contribution in [0.1, 0.15) is 27.6 Å². The number of thiocarbonyl (C=S) groups is 1. The van der Waals surface area contributed by atoms with Crippen molar-refractivity contribution in [3.63, 3.8) is 0 Å². The van der Waals surface area contributed by atoms with E-state index < -0.39 is 11.9 Å². The van der Waals surface area contributed by atoms with Crippen molar-refractivity contribution in [3.8, 4) is 5.75 Å². The molecule has 26 heavy (non-hydrogen) atoms. The summed E-state index contributed by atoms with van der Waals surface area (Å²) in [5.74, 6) is -1.39. The van der Waals surface area contributed by atoms with E-state index in [0.29, 0.717) is 17.4 Å². The van der Waals surface area contributed by atoms with Gasteiger partial charge in [-0.05, 0) is 55.0 Å². The number of amides is 1. The second-order valence-electron chi connectivity index (χ2n) is 4.97. The Balaban J connectivity index is 2.08. The predicted octanol–water partition coefficient (Wildman–Crippen LogP) is 2.88. The number of nitrogens with one attached hydrogen (secondary N) is 2. The van der Waals surface area contributed by atoms with Gasteiger partial charge in [0.25, 0.3) is 5.91 Å². The third kappa shape index (κ3) is 5.08. The molecule has 0 radical (unpaired) electrons. The smallest absolute Gasteiger partial charge is 0.257 e. The molecule has 2 aromatic rings. The minimum Gasteiger partial charge on any atom is -0.545 e. The number of benzene rings is 2. The Bertz CT molecular complexity index is 874. The van der Waals surface area contributed by atoms with Gasteiger partial charge >= 0.3 is 0 Å². The highest BCUT2D eigenvalue weighted by Crippen LogP contribution is 2.26. The number of carbonyl (C=O) groups excluding carboxylic acids is 2. The fourth-order valence-corrected chi connectivity index (χ4v) is 2.59. The van der Waals surface area contributed by atoms with Crippen molar-refractivity contribution in [2.24, 2.45) is 0 Å². The Morgan fingerprint density at radius 1 is 1.12 bits per heavy atom. The zero-order chi connectivity index (χ0) is 19.3. The van der Waals surface area contributed by atoms with Gasteiger partial charge in [-0.2, -0.15) is 0 Å². The average Bonchev–Trinajstić information content (AvgIpc) is 2.58. The van der Waals surface area contributed by atoms with Crippen molar-refractivity contribution >= 4 is 58.1 Å². The van der Waals surface area contributed by atoms with Crippen LogP contribution in [0.4, 0.5) is 5.69 Å². The summed E-state index contributed by atoms with van der Waals surface area (Å²) in [5.41, 5.74) is 0.421.